The molecule has 1 heterocycles. The molecule has 0 spiro atoms. The summed E-state index contributed by atoms with van der Waals surface area (Å²) in [7, 11) is 3.32. The number of benzene rings is 1. The van der Waals surface area contributed by atoms with Crippen molar-refractivity contribution < 1.29 is 9.53 Å². The van der Waals surface area contributed by atoms with E-state index in [4.69, 9.17) is 0 Å². The number of rotatable bonds is 4. The van der Waals surface area contributed by atoms with Gasteiger partial charge in [-0.2, -0.15) is 0 Å². The lowest BCUT2D eigenvalue weighted by Gasteiger charge is -2.17. The van der Waals surface area contributed by atoms with Crippen molar-refractivity contribution in [1.29, 1.82) is 0 Å². The standard InChI is InChI=1S/C14H16N2O2/c1-16(10-9-14(17)18-2)13-8-7-11-5-3-4-6-12(11)15-13/h3-8H,9-10H2,1-2H3. The summed E-state index contributed by atoms with van der Waals surface area (Å²) in [4.78, 5) is 17.6. The fraction of sp³-hybridized carbons (Fsp3) is 0.286. The Bertz CT molecular complexity index is 554. The summed E-state index contributed by atoms with van der Waals surface area (Å²) in [6.45, 7) is 0.595. The van der Waals surface area contributed by atoms with Crippen molar-refractivity contribution in [2.45, 2.75) is 6.42 Å². The topological polar surface area (TPSA) is 42.4 Å². The Morgan fingerprint density at radius 3 is 2.83 bits per heavy atom. The maximum Gasteiger partial charge on any atom is 0.307 e. The third kappa shape index (κ3) is 2.77. The second-order valence-electron chi connectivity index (χ2n) is 4.11. The fourth-order valence-electron chi connectivity index (χ4n) is 1.74. The number of fused-ring (bicyclic) bond motifs is 1. The van der Waals surface area contributed by atoms with Crippen LogP contribution in [0, 0.1) is 0 Å². The van der Waals surface area contributed by atoms with Gasteiger partial charge in [-0.3, -0.25) is 4.79 Å². The molecule has 0 atom stereocenters. The van der Waals surface area contributed by atoms with Gasteiger partial charge in [-0.25, -0.2) is 4.98 Å². The Hall–Kier alpha value is -2.10. The van der Waals surface area contributed by atoms with Gasteiger partial charge in [-0.05, 0) is 18.2 Å². The Morgan fingerprint density at radius 2 is 2.06 bits per heavy atom. The molecule has 1 aromatic heterocycles. The van der Waals surface area contributed by atoms with Crippen molar-refractivity contribution in [3.8, 4) is 0 Å². The minimum absolute atomic E-state index is 0.206. The van der Waals surface area contributed by atoms with Gasteiger partial charge in [-0.15, -0.1) is 0 Å². The highest BCUT2D eigenvalue weighted by atomic mass is 16.5. The van der Waals surface area contributed by atoms with Gasteiger partial charge in [0, 0.05) is 19.0 Å². The first-order valence-electron chi connectivity index (χ1n) is 5.84. The third-order valence-electron chi connectivity index (χ3n) is 2.85. The van der Waals surface area contributed by atoms with E-state index in [1.165, 1.54) is 7.11 Å². The highest BCUT2D eigenvalue weighted by Crippen LogP contribution is 2.16. The first kappa shape index (κ1) is 12.4. The van der Waals surface area contributed by atoms with E-state index in [1.54, 1.807) is 0 Å². The van der Waals surface area contributed by atoms with E-state index in [2.05, 4.69) is 9.72 Å². The van der Waals surface area contributed by atoms with Crippen molar-refractivity contribution in [3.63, 3.8) is 0 Å². The maximum atomic E-state index is 11.1. The first-order valence-corrected chi connectivity index (χ1v) is 5.84. The largest absolute Gasteiger partial charge is 0.469 e. The van der Waals surface area contributed by atoms with Crippen molar-refractivity contribution in [1.82, 2.24) is 4.98 Å². The number of carbonyl (C=O) groups excluding carboxylic acids is 1. The van der Waals surface area contributed by atoms with Gasteiger partial charge < -0.3 is 9.64 Å². The highest BCUT2D eigenvalue weighted by Gasteiger charge is 2.06. The van der Waals surface area contributed by atoms with Gasteiger partial charge in [0.1, 0.15) is 5.82 Å². The number of hydrogen-bond acceptors (Lipinski definition) is 4. The molecule has 0 N–H and O–H groups in total. The lowest BCUT2D eigenvalue weighted by atomic mass is 10.2. The molecule has 1 aromatic carbocycles. The highest BCUT2D eigenvalue weighted by molar-refractivity contribution is 5.80. The zero-order valence-corrected chi connectivity index (χ0v) is 10.6. The fourth-order valence-corrected chi connectivity index (χ4v) is 1.74. The van der Waals surface area contributed by atoms with Crippen LogP contribution in [0.2, 0.25) is 0 Å². The molecule has 0 unspecified atom stereocenters. The third-order valence-corrected chi connectivity index (χ3v) is 2.85. The molecule has 18 heavy (non-hydrogen) atoms. The van der Waals surface area contributed by atoms with Gasteiger partial charge in [0.15, 0.2) is 0 Å². The molecule has 4 heteroatoms. The summed E-state index contributed by atoms with van der Waals surface area (Å²) in [5.41, 5.74) is 0.958. The van der Waals surface area contributed by atoms with Crippen LogP contribution in [0.4, 0.5) is 5.82 Å². The van der Waals surface area contributed by atoms with Crippen LogP contribution in [-0.2, 0) is 9.53 Å². The number of anilines is 1. The molecule has 94 valence electrons. The van der Waals surface area contributed by atoms with Gasteiger partial charge in [0.25, 0.3) is 0 Å². The molecule has 0 fully saturated rings. The number of hydrogen-bond donors (Lipinski definition) is 0. The first-order chi connectivity index (χ1) is 8.70. The molecule has 2 aromatic rings. The molecule has 0 bridgehead atoms. The summed E-state index contributed by atoms with van der Waals surface area (Å²) in [6, 6.07) is 12.0. The van der Waals surface area contributed by atoms with Crippen LogP contribution in [0.25, 0.3) is 10.9 Å². The Labute approximate surface area is 106 Å². The number of esters is 1. The van der Waals surface area contributed by atoms with E-state index in [0.717, 1.165) is 16.7 Å². The van der Waals surface area contributed by atoms with Gasteiger partial charge in [0.2, 0.25) is 0 Å². The van der Waals surface area contributed by atoms with Gasteiger partial charge >= 0.3 is 5.97 Å². The van der Waals surface area contributed by atoms with Gasteiger partial charge in [0.05, 0.1) is 19.0 Å². The van der Waals surface area contributed by atoms with E-state index in [-0.39, 0.29) is 5.97 Å². The monoisotopic (exact) mass is 244 g/mol. The molecule has 0 aliphatic rings. The van der Waals surface area contributed by atoms with E-state index in [1.807, 2.05) is 48.3 Å². The average Bonchev–Trinajstić information content (AvgIpc) is 2.43. The zero-order valence-electron chi connectivity index (χ0n) is 10.6. The lowest BCUT2D eigenvalue weighted by Crippen LogP contribution is -2.22. The van der Waals surface area contributed by atoms with E-state index in [0.29, 0.717) is 13.0 Å². The number of nitrogens with zero attached hydrogens (tertiary/aromatic N) is 2. The number of carbonyl (C=O) groups is 1. The van der Waals surface area contributed by atoms with Crippen LogP contribution in [0.5, 0.6) is 0 Å². The summed E-state index contributed by atoms with van der Waals surface area (Å²) in [5, 5.41) is 1.11. The smallest absolute Gasteiger partial charge is 0.307 e. The average molecular weight is 244 g/mol. The molecule has 0 amide bonds. The molecule has 0 aliphatic heterocycles. The summed E-state index contributed by atoms with van der Waals surface area (Å²) in [5.74, 6) is 0.653. The van der Waals surface area contributed by atoms with Crippen molar-refractivity contribution in [2.75, 3.05) is 25.6 Å². The minimum Gasteiger partial charge on any atom is -0.469 e. The zero-order chi connectivity index (χ0) is 13.0. The Balaban J connectivity index is 2.12. The van der Waals surface area contributed by atoms with Crippen molar-refractivity contribution >= 4 is 22.7 Å². The van der Waals surface area contributed by atoms with Crippen LogP contribution in [-0.4, -0.2) is 31.7 Å². The Morgan fingerprint density at radius 1 is 1.28 bits per heavy atom. The van der Waals surface area contributed by atoms with Crippen LogP contribution in [0.15, 0.2) is 36.4 Å². The van der Waals surface area contributed by atoms with E-state index < -0.39 is 0 Å². The summed E-state index contributed by atoms with van der Waals surface area (Å²) >= 11 is 0. The quantitative estimate of drug-likeness (QED) is 0.773. The molecular weight excluding hydrogens is 228 g/mol. The second-order valence-corrected chi connectivity index (χ2v) is 4.11. The summed E-state index contributed by atoms with van der Waals surface area (Å²) < 4.78 is 4.62. The lowest BCUT2D eigenvalue weighted by molar-refractivity contribution is -0.140. The van der Waals surface area contributed by atoms with E-state index >= 15 is 0 Å². The summed E-state index contributed by atoms with van der Waals surface area (Å²) in [6.07, 6.45) is 0.363. The molecule has 0 saturated carbocycles. The maximum absolute atomic E-state index is 11.1. The number of pyridine rings is 1. The molecule has 0 radical (unpaired) electrons. The predicted octanol–water partition coefficient (Wildman–Crippen LogP) is 2.23. The second kappa shape index (κ2) is 5.49. The number of ether oxygens (including phenoxy) is 1. The molecular formula is C14H16N2O2. The number of aromatic nitrogens is 1. The minimum atomic E-state index is -0.206. The Kier molecular flexibility index (Phi) is 3.77. The SMILES string of the molecule is COC(=O)CCN(C)c1ccc2ccccc2n1. The van der Waals surface area contributed by atoms with Crippen LogP contribution < -0.4 is 4.90 Å². The number of para-hydroxylation sites is 1. The molecule has 0 aliphatic carbocycles. The molecule has 0 saturated heterocycles. The van der Waals surface area contributed by atoms with E-state index in [9.17, 15) is 4.79 Å². The van der Waals surface area contributed by atoms with Crippen molar-refractivity contribution in [3.05, 3.63) is 36.4 Å². The van der Waals surface area contributed by atoms with Crippen molar-refractivity contribution in [2.24, 2.45) is 0 Å². The van der Waals surface area contributed by atoms with Crippen LogP contribution >= 0.6 is 0 Å². The number of methoxy groups -OCH3 is 1. The predicted molar refractivity (Wildman–Crippen MR) is 71.6 cm³/mol. The molecule has 2 rings (SSSR count). The molecule has 4 nitrogen and oxygen atoms in total. The van der Waals surface area contributed by atoms with Gasteiger partial charge in [-0.1, -0.05) is 18.2 Å². The van der Waals surface area contributed by atoms with Crippen LogP contribution in [0.3, 0.4) is 0 Å². The van der Waals surface area contributed by atoms with Crippen LogP contribution in [0.1, 0.15) is 6.42 Å². The normalized spacial score (nSPS) is 10.3.